The molecule has 0 aliphatic heterocycles. The first-order chi connectivity index (χ1) is 13.5. The Balaban J connectivity index is 1.78. The van der Waals surface area contributed by atoms with Crippen LogP contribution in [0.15, 0.2) is 66.3 Å². The fourth-order valence-electron chi connectivity index (χ4n) is 2.87. The van der Waals surface area contributed by atoms with Gasteiger partial charge in [-0.25, -0.2) is 0 Å². The zero-order chi connectivity index (χ0) is 20.1. The van der Waals surface area contributed by atoms with Gasteiger partial charge in [-0.05, 0) is 32.4 Å². The third kappa shape index (κ3) is 4.51. The summed E-state index contributed by atoms with van der Waals surface area (Å²) in [4.78, 5) is 12.7. The molecule has 0 bridgehead atoms. The number of aryl methyl sites for hydroxylation is 2. The molecule has 3 rings (SSSR count). The van der Waals surface area contributed by atoms with Crippen molar-refractivity contribution in [1.29, 1.82) is 0 Å². The monoisotopic (exact) mass is 392 g/mol. The highest BCUT2D eigenvalue weighted by Gasteiger charge is 2.21. The number of hydrogen-bond donors (Lipinski definition) is 1. The topological polar surface area (TPSA) is 59.8 Å². The standard InChI is InChI=1S/C22H24N4OS/c1-5-13-26-20(18-9-7-6-8-10-18)24-25-22(26)28-17(4)21(27)23-19-12-11-15(2)14-16(19)3/h5-12,14,17H,1,13H2,2-4H3,(H,23,27)/t17-/m0/s1. The van der Waals surface area contributed by atoms with Crippen LogP contribution in [0.25, 0.3) is 11.4 Å². The summed E-state index contributed by atoms with van der Waals surface area (Å²) in [5.74, 6) is 0.705. The van der Waals surface area contributed by atoms with E-state index in [1.807, 2.05) is 67.8 Å². The molecule has 1 N–H and O–H groups in total. The van der Waals surface area contributed by atoms with Gasteiger partial charge in [0.25, 0.3) is 0 Å². The van der Waals surface area contributed by atoms with Crippen molar-refractivity contribution in [2.24, 2.45) is 0 Å². The number of carbonyl (C=O) groups is 1. The van der Waals surface area contributed by atoms with E-state index >= 15 is 0 Å². The van der Waals surface area contributed by atoms with Crippen molar-refractivity contribution in [3.05, 3.63) is 72.3 Å². The average molecular weight is 393 g/mol. The Bertz CT molecular complexity index is 981. The van der Waals surface area contributed by atoms with Crippen molar-refractivity contribution >= 4 is 23.4 Å². The molecule has 0 saturated heterocycles. The smallest absolute Gasteiger partial charge is 0.237 e. The lowest BCUT2D eigenvalue weighted by Crippen LogP contribution is -2.23. The highest BCUT2D eigenvalue weighted by atomic mass is 32.2. The molecule has 0 radical (unpaired) electrons. The van der Waals surface area contributed by atoms with Gasteiger partial charge >= 0.3 is 0 Å². The van der Waals surface area contributed by atoms with Crippen LogP contribution in [0.2, 0.25) is 0 Å². The van der Waals surface area contributed by atoms with Crippen LogP contribution in [-0.2, 0) is 11.3 Å². The Hall–Kier alpha value is -2.86. The van der Waals surface area contributed by atoms with Crippen LogP contribution in [0.1, 0.15) is 18.1 Å². The maximum atomic E-state index is 12.7. The van der Waals surface area contributed by atoms with Crippen LogP contribution in [0.3, 0.4) is 0 Å². The SMILES string of the molecule is C=CCn1c(S[C@@H](C)C(=O)Nc2ccc(C)cc2C)nnc1-c1ccccc1. The van der Waals surface area contributed by atoms with Gasteiger partial charge in [0.1, 0.15) is 0 Å². The molecular weight excluding hydrogens is 368 g/mol. The van der Waals surface area contributed by atoms with Crippen molar-refractivity contribution in [3.63, 3.8) is 0 Å². The molecule has 28 heavy (non-hydrogen) atoms. The number of carbonyl (C=O) groups excluding carboxylic acids is 1. The number of hydrogen-bond acceptors (Lipinski definition) is 4. The number of anilines is 1. The van der Waals surface area contributed by atoms with Crippen LogP contribution < -0.4 is 5.32 Å². The lowest BCUT2D eigenvalue weighted by atomic mass is 10.1. The maximum absolute atomic E-state index is 12.7. The highest BCUT2D eigenvalue weighted by molar-refractivity contribution is 8.00. The third-order valence-corrected chi connectivity index (χ3v) is 5.43. The summed E-state index contributed by atoms with van der Waals surface area (Å²) in [5, 5.41) is 12.0. The Morgan fingerprint density at radius 2 is 1.96 bits per heavy atom. The first-order valence-electron chi connectivity index (χ1n) is 9.14. The van der Waals surface area contributed by atoms with Crippen molar-refractivity contribution in [3.8, 4) is 11.4 Å². The van der Waals surface area contributed by atoms with Gasteiger partial charge in [0.05, 0.1) is 5.25 Å². The van der Waals surface area contributed by atoms with Crippen molar-refractivity contribution < 1.29 is 4.79 Å². The van der Waals surface area contributed by atoms with E-state index in [1.165, 1.54) is 17.3 Å². The molecule has 1 atom stereocenters. The van der Waals surface area contributed by atoms with E-state index in [9.17, 15) is 4.79 Å². The summed E-state index contributed by atoms with van der Waals surface area (Å²) < 4.78 is 1.98. The molecule has 1 amide bonds. The van der Waals surface area contributed by atoms with Crippen LogP contribution in [0, 0.1) is 13.8 Å². The molecule has 2 aromatic carbocycles. The molecule has 0 aliphatic carbocycles. The fraction of sp³-hybridized carbons (Fsp3) is 0.227. The van der Waals surface area contributed by atoms with Gasteiger partial charge in [0, 0.05) is 17.8 Å². The van der Waals surface area contributed by atoms with Crippen LogP contribution in [0.5, 0.6) is 0 Å². The first kappa shape index (κ1) is 19.9. The quantitative estimate of drug-likeness (QED) is 0.460. The second-order valence-corrected chi connectivity index (χ2v) is 7.95. The van der Waals surface area contributed by atoms with Gasteiger partial charge in [-0.1, -0.05) is 65.9 Å². The number of thioether (sulfide) groups is 1. The lowest BCUT2D eigenvalue weighted by Gasteiger charge is -2.14. The minimum Gasteiger partial charge on any atom is -0.325 e. The average Bonchev–Trinajstić information content (AvgIpc) is 3.07. The number of nitrogens with one attached hydrogen (secondary N) is 1. The zero-order valence-corrected chi connectivity index (χ0v) is 17.2. The summed E-state index contributed by atoms with van der Waals surface area (Å²) in [5.41, 5.74) is 4.03. The molecule has 3 aromatic rings. The van der Waals surface area contributed by atoms with Gasteiger partial charge < -0.3 is 5.32 Å². The summed E-state index contributed by atoms with van der Waals surface area (Å²) in [7, 11) is 0. The molecule has 0 saturated carbocycles. The molecule has 0 unspecified atom stereocenters. The lowest BCUT2D eigenvalue weighted by molar-refractivity contribution is -0.115. The van der Waals surface area contributed by atoms with E-state index in [4.69, 9.17) is 0 Å². The molecule has 5 nitrogen and oxygen atoms in total. The fourth-order valence-corrected chi connectivity index (χ4v) is 3.73. The zero-order valence-electron chi connectivity index (χ0n) is 16.3. The predicted molar refractivity (Wildman–Crippen MR) is 116 cm³/mol. The number of allylic oxidation sites excluding steroid dienone is 1. The maximum Gasteiger partial charge on any atom is 0.237 e. The Morgan fingerprint density at radius 3 is 2.64 bits per heavy atom. The predicted octanol–water partition coefficient (Wildman–Crippen LogP) is 4.87. The van der Waals surface area contributed by atoms with Crippen LogP contribution >= 0.6 is 11.8 Å². The van der Waals surface area contributed by atoms with Crippen LogP contribution in [-0.4, -0.2) is 25.9 Å². The number of benzene rings is 2. The van der Waals surface area contributed by atoms with E-state index in [0.29, 0.717) is 11.7 Å². The summed E-state index contributed by atoms with van der Waals surface area (Å²) in [6.07, 6.45) is 1.81. The largest absolute Gasteiger partial charge is 0.325 e. The van der Waals surface area contributed by atoms with Crippen molar-refractivity contribution in [2.75, 3.05) is 5.32 Å². The molecule has 0 spiro atoms. The first-order valence-corrected chi connectivity index (χ1v) is 10.0. The Labute approximate surface area is 169 Å². The van der Waals surface area contributed by atoms with E-state index in [-0.39, 0.29) is 11.2 Å². The molecule has 1 aromatic heterocycles. The number of rotatable bonds is 7. The molecule has 1 heterocycles. The number of nitrogens with zero attached hydrogens (tertiary/aromatic N) is 3. The number of amides is 1. The second-order valence-electron chi connectivity index (χ2n) is 6.64. The van der Waals surface area contributed by atoms with E-state index in [1.54, 1.807) is 6.08 Å². The minimum absolute atomic E-state index is 0.0635. The molecule has 0 fully saturated rings. The van der Waals surface area contributed by atoms with Gasteiger partial charge in [0.2, 0.25) is 5.91 Å². The Morgan fingerprint density at radius 1 is 1.21 bits per heavy atom. The summed E-state index contributed by atoms with van der Waals surface area (Å²) in [6.45, 7) is 10.3. The third-order valence-electron chi connectivity index (χ3n) is 4.35. The normalized spacial score (nSPS) is 11.8. The summed E-state index contributed by atoms with van der Waals surface area (Å²) in [6, 6.07) is 15.9. The van der Waals surface area contributed by atoms with Gasteiger partial charge in [0.15, 0.2) is 11.0 Å². The number of aromatic nitrogens is 3. The molecular formula is C22H24N4OS. The van der Waals surface area contributed by atoms with Gasteiger partial charge in [-0.15, -0.1) is 16.8 Å². The molecule has 0 aliphatic rings. The molecule has 144 valence electrons. The van der Waals surface area contributed by atoms with Crippen LogP contribution in [0.4, 0.5) is 5.69 Å². The summed E-state index contributed by atoms with van der Waals surface area (Å²) >= 11 is 1.39. The minimum atomic E-state index is -0.322. The Kier molecular flexibility index (Phi) is 6.31. The highest BCUT2D eigenvalue weighted by Crippen LogP contribution is 2.28. The van der Waals surface area contributed by atoms with E-state index < -0.39 is 0 Å². The van der Waals surface area contributed by atoms with Crippen molar-refractivity contribution in [2.45, 2.75) is 37.7 Å². The molecule has 6 heteroatoms. The van der Waals surface area contributed by atoms with E-state index in [2.05, 4.69) is 28.2 Å². The van der Waals surface area contributed by atoms with Gasteiger partial charge in [-0.2, -0.15) is 0 Å². The van der Waals surface area contributed by atoms with Crippen molar-refractivity contribution in [1.82, 2.24) is 14.8 Å². The second kappa shape index (κ2) is 8.89. The van der Waals surface area contributed by atoms with E-state index in [0.717, 1.165) is 22.6 Å². The van der Waals surface area contributed by atoms with Gasteiger partial charge in [-0.3, -0.25) is 9.36 Å².